The Bertz CT molecular complexity index is 508. The van der Waals surface area contributed by atoms with Gasteiger partial charge in [-0.2, -0.15) is 0 Å². The summed E-state index contributed by atoms with van der Waals surface area (Å²) in [4.78, 5) is 2.43. The molecule has 0 fully saturated rings. The van der Waals surface area contributed by atoms with E-state index in [2.05, 4.69) is 72.6 Å². The number of nitrogens with zero attached hydrogens (tertiary/aromatic N) is 1. The summed E-state index contributed by atoms with van der Waals surface area (Å²) >= 11 is 0. The van der Waals surface area contributed by atoms with Crippen molar-refractivity contribution in [3.8, 4) is 0 Å². The zero-order chi connectivity index (χ0) is 14.2. The lowest BCUT2D eigenvalue weighted by Gasteiger charge is -2.23. The summed E-state index contributed by atoms with van der Waals surface area (Å²) in [6, 6.07) is 19.1. The predicted octanol–water partition coefficient (Wildman–Crippen LogP) is 4.32. The SMILES string of the molecule is CCN(CCCNc1ccccc1)c1cccc(C)c1. The van der Waals surface area contributed by atoms with Crippen LogP contribution in [0.15, 0.2) is 54.6 Å². The van der Waals surface area contributed by atoms with Crippen LogP contribution in [0.3, 0.4) is 0 Å². The number of hydrogen-bond donors (Lipinski definition) is 1. The van der Waals surface area contributed by atoms with Crippen LogP contribution < -0.4 is 10.2 Å². The molecule has 2 aromatic rings. The third-order valence-corrected chi connectivity index (χ3v) is 3.46. The summed E-state index contributed by atoms with van der Waals surface area (Å²) in [5.41, 5.74) is 3.85. The van der Waals surface area contributed by atoms with Crippen LogP contribution in [-0.2, 0) is 0 Å². The fraction of sp³-hybridized carbons (Fsp3) is 0.333. The van der Waals surface area contributed by atoms with Crippen molar-refractivity contribution in [2.24, 2.45) is 0 Å². The molecule has 0 atom stereocenters. The number of nitrogens with one attached hydrogen (secondary N) is 1. The molecule has 0 saturated heterocycles. The molecule has 0 spiro atoms. The lowest BCUT2D eigenvalue weighted by atomic mass is 10.2. The molecule has 0 aliphatic carbocycles. The molecule has 0 bridgehead atoms. The molecule has 1 N–H and O–H groups in total. The number of para-hydroxylation sites is 1. The minimum atomic E-state index is 1.01. The van der Waals surface area contributed by atoms with Crippen molar-refractivity contribution in [1.29, 1.82) is 0 Å². The average Bonchev–Trinajstić information content (AvgIpc) is 2.48. The van der Waals surface area contributed by atoms with Crippen molar-refractivity contribution in [2.75, 3.05) is 29.9 Å². The maximum absolute atomic E-state index is 3.46. The highest BCUT2D eigenvalue weighted by Crippen LogP contribution is 2.16. The van der Waals surface area contributed by atoms with Gasteiger partial charge in [-0.1, -0.05) is 30.3 Å². The molecule has 0 amide bonds. The molecule has 2 nitrogen and oxygen atoms in total. The normalized spacial score (nSPS) is 10.3. The van der Waals surface area contributed by atoms with Gasteiger partial charge in [0.25, 0.3) is 0 Å². The van der Waals surface area contributed by atoms with Crippen molar-refractivity contribution < 1.29 is 0 Å². The summed E-state index contributed by atoms with van der Waals surface area (Å²) in [6.45, 7) is 7.50. The van der Waals surface area contributed by atoms with Gasteiger partial charge in [0.2, 0.25) is 0 Å². The highest BCUT2D eigenvalue weighted by molar-refractivity contribution is 5.48. The van der Waals surface area contributed by atoms with E-state index in [9.17, 15) is 0 Å². The van der Waals surface area contributed by atoms with Gasteiger partial charge < -0.3 is 10.2 Å². The molecule has 2 heteroatoms. The number of rotatable bonds is 7. The quantitative estimate of drug-likeness (QED) is 0.752. The van der Waals surface area contributed by atoms with Crippen LogP contribution in [0.5, 0.6) is 0 Å². The van der Waals surface area contributed by atoms with Crippen LogP contribution in [0.1, 0.15) is 18.9 Å². The highest BCUT2D eigenvalue weighted by atomic mass is 15.1. The van der Waals surface area contributed by atoms with Gasteiger partial charge in [-0.3, -0.25) is 0 Å². The van der Waals surface area contributed by atoms with Crippen LogP contribution in [0.4, 0.5) is 11.4 Å². The topological polar surface area (TPSA) is 15.3 Å². The predicted molar refractivity (Wildman–Crippen MR) is 88.6 cm³/mol. The highest BCUT2D eigenvalue weighted by Gasteiger charge is 2.03. The molecule has 0 radical (unpaired) electrons. The van der Waals surface area contributed by atoms with Gasteiger partial charge in [-0.05, 0) is 50.1 Å². The van der Waals surface area contributed by atoms with Gasteiger partial charge in [0.15, 0.2) is 0 Å². The molecule has 106 valence electrons. The molecule has 0 aromatic heterocycles. The van der Waals surface area contributed by atoms with Gasteiger partial charge in [0.05, 0.1) is 0 Å². The standard InChI is InChI=1S/C18H24N2/c1-3-20(18-12-7-9-16(2)15-18)14-8-13-19-17-10-5-4-6-11-17/h4-7,9-12,15,19H,3,8,13-14H2,1-2H3. The van der Waals surface area contributed by atoms with Gasteiger partial charge >= 0.3 is 0 Å². The van der Waals surface area contributed by atoms with Crippen LogP contribution in [0.25, 0.3) is 0 Å². The van der Waals surface area contributed by atoms with E-state index < -0.39 is 0 Å². The third kappa shape index (κ3) is 4.30. The van der Waals surface area contributed by atoms with Crippen LogP contribution >= 0.6 is 0 Å². The maximum atomic E-state index is 3.46. The Labute approximate surface area is 122 Å². The molecular formula is C18H24N2. The van der Waals surface area contributed by atoms with Crippen molar-refractivity contribution in [3.63, 3.8) is 0 Å². The fourth-order valence-electron chi connectivity index (χ4n) is 2.35. The summed E-state index contributed by atoms with van der Waals surface area (Å²) in [7, 11) is 0. The number of benzene rings is 2. The summed E-state index contributed by atoms with van der Waals surface area (Å²) < 4.78 is 0. The van der Waals surface area contributed by atoms with Crippen molar-refractivity contribution in [3.05, 3.63) is 60.2 Å². The zero-order valence-electron chi connectivity index (χ0n) is 12.5. The van der Waals surface area contributed by atoms with Gasteiger partial charge in [-0.25, -0.2) is 0 Å². The van der Waals surface area contributed by atoms with E-state index in [0.717, 1.165) is 26.1 Å². The maximum Gasteiger partial charge on any atom is 0.0368 e. The van der Waals surface area contributed by atoms with Crippen LogP contribution in [-0.4, -0.2) is 19.6 Å². The van der Waals surface area contributed by atoms with E-state index in [1.807, 2.05) is 6.07 Å². The van der Waals surface area contributed by atoms with E-state index in [1.165, 1.54) is 16.9 Å². The third-order valence-electron chi connectivity index (χ3n) is 3.46. The molecule has 0 unspecified atom stereocenters. The first-order valence-electron chi connectivity index (χ1n) is 7.40. The van der Waals surface area contributed by atoms with Crippen molar-refractivity contribution in [2.45, 2.75) is 20.3 Å². The van der Waals surface area contributed by atoms with Crippen molar-refractivity contribution >= 4 is 11.4 Å². The van der Waals surface area contributed by atoms with E-state index in [4.69, 9.17) is 0 Å². The smallest absolute Gasteiger partial charge is 0.0368 e. The number of anilines is 2. The molecule has 0 heterocycles. The van der Waals surface area contributed by atoms with E-state index in [-0.39, 0.29) is 0 Å². The summed E-state index contributed by atoms with van der Waals surface area (Å²) in [6.07, 6.45) is 1.14. The molecular weight excluding hydrogens is 244 g/mol. The molecule has 0 aliphatic rings. The van der Waals surface area contributed by atoms with E-state index in [0.29, 0.717) is 0 Å². The summed E-state index contributed by atoms with van der Waals surface area (Å²) in [5.74, 6) is 0. The van der Waals surface area contributed by atoms with E-state index >= 15 is 0 Å². The Hall–Kier alpha value is -1.96. The molecule has 2 aromatic carbocycles. The Morgan fingerprint density at radius 2 is 1.80 bits per heavy atom. The first-order valence-corrected chi connectivity index (χ1v) is 7.40. The second kappa shape index (κ2) is 7.59. The first-order chi connectivity index (χ1) is 9.79. The monoisotopic (exact) mass is 268 g/mol. The zero-order valence-corrected chi connectivity index (χ0v) is 12.5. The second-order valence-corrected chi connectivity index (χ2v) is 5.07. The Morgan fingerprint density at radius 3 is 2.50 bits per heavy atom. The lowest BCUT2D eigenvalue weighted by Crippen LogP contribution is -2.25. The van der Waals surface area contributed by atoms with E-state index in [1.54, 1.807) is 0 Å². The lowest BCUT2D eigenvalue weighted by molar-refractivity contribution is 0.768. The minimum absolute atomic E-state index is 1.01. The van der Waals surface area contributed by atoms with Gasteiger partial charge in [-0.15, -0.1) is 0 Å². The molecule has 0 aliphatic heterocycles. The van der Waals surface area contributed by atoms with Gasteiger partial charge in [0.1, 0.15) is 0 Å². The largest absolute Gasteiger partial charge is 0.385 e. The first kappa shape index (κ1) is 14.4. The molecule has 0 saturated carbocycles. The number of hydrogen-bond acceptors (Lipinski definition) is 2. The van der Waals surface area contributed by atoms with Crippen molar-refractivity contribution in [1.82, 2.24) is 0 Å². The van der Waals surface area contributed by atoms with Gasteiger partial charge in [0, 0.05) is 31.0 Å². The second-order valence-electron chi connectivity index (χ2n) is 5.07. The fourth-order valence-corrected chi connectivity index (χ4v) is 2.35. The Kier molecular flexibility index (Phi) is 5.48. The van der Waals surface area contributed by atoms with Crippen LogP contribution in [0.2, 0.25) is 0 Å². The Balaban J connectivity index is 1.80. The minimum Gasteiger partial charge on any atom is -0.385 e. The summed E-state index contributed by atoms with van der Waals surface area (Å²) in [5, 5.41) is 3.46. The molecule has 20 heavy (non-hydrogen) atoms. The Morgan fingerprint density at radius 1 is 1.00 bits per heavy atom. The van der Waals surface area contributed by atoms with Crippen LogP contribution in [0, 0.1) is 6.92 Å². The average molecular weight is 268 g/mol. The molecule has 2 rings (SSSR count). The number of aryl methyl sites for hydroxylation is 1.